The van der Waals surface area contributed by atoms with Gasteiger partial charge in [0.05, 0.1) is 11.6 Å². The van der Waals surface area contributed by atoms with E-state index in [-0.39, 0.29) is 0 Å². The first kappa shape index (κ1) is 20.3. The van der Waals surface area contributed by atoms with Crippen molar-refractivity contribution in [3.63, 3.8) is 0 Å². The number of benzene rings is 1. The number of guanidine groups is 1. The Morgan fingerprint density at radius 3 is 2.73 bits per heavy atom. The smallest absolute Gasteiger partial charge is 0.434 e. The van der Waals surface area contributed by atoms with Gasteiger partial charge in [-0.3, -0.25) is 4.99 Å². The van der Waals surface area contributed by atoms with Gasteiger partial charge in [-0.2, -0.15) is 13.2 Å². The van der Waals surface area contributed by atoms with E-state index in [4.69, 9.17) is 16.3 Å². The van der Waals surface area contributed by atoms with Crippen LogP contribution in [0.15, 0.2) is 34.6 Å². The normalized spacial score (nSPS) is 12.1. The zero-order chi connectivity index (χ0) is 19.0. The number of rotatable bonds is 7. The molecule has 0 atom stereocenters. The Hall–Kier alpha value is -2.00. The number of alkyl halides is 3. The van der Waals surface area contributed by atoms with E-state index in [2.05, 4.69) is 20.6 Å². The summed E-state index contributed by atoms with van der Waals surface area (Å²) in [7, 11) is 1.61. The molecule has 0 radical (unpaired) electrons. The Morgan fingerprint density at radius 2 is 2.08 bits per heavy atom. The summed E-state index contributed by atoms with van der Waals surface area (Å²) < 4.78 is 43.1. The fourth-order valence-electron chi connectivity index (χ4n) is 1.96. The predicted octanol–water partition coefficient (Wildman–Crippen LogP) is 3.60. The summed E-state index contributed by atoms with van der Waals surface area (Å²) in [5.74, 6) is 1.21. The minimum atomic E-state index is -4.40. The Balaban J connectivity index is 1.67. The van der Waals surface area contributed by atoms with Gasteiger partial charge in [-0.05, 0) is 18.2 Å². The number of hydrogen-bond acceptors (Lipinski definition) is 4. The maximum Gasteiger partial charge on any atom is 0.434 e. The van der Waals surface area contributed by atoms with Gasteiger partial charge >= 0.3 is 6.18 Å². The Bertz CT molecular complexity index is 736. The first-order chi connectivity index (χ1) is 12.4. The maximum absolute atomic E-state index is 12.5. The van der Waals surface area contributed by atoms with Crippen LogP contribution in [0.2, 0.25) is 5.02 Å². The molecule has 0 aliphatic heterocycles. The number of nitrogens with one attached hydrogen (secondary N) is 2. The maximum atomic E-state index is 12.5. The van der Waals surface area contributed by atoms with Gasteiger partial charge in [0.25, 0.3) is 0 Å². The number of hydrogen-bond donors (Lipinski definition) is 2. The van der Waals surface area contributed by atoms with Gasteiger partial charge in [-0.1, -0.05) is 17.7 Å². The second kappa shape index (κ2) is 9.63. The molecule has 0 fully saturated rings. The molecule has 0 unspecified atom stereocenters. The van der Waals surface area contributed by atoms with Crippen molar-refractivity contribution in [1.82, 2.24) is 15.6 Å². The third-order valence-electron chi connectivity index (χ3n) is 3.16. The van der Waals surface area contributed by atoms with Crippen LogP contribution in [0.25, 0.3) is 0 Å². The average Bonchev–Trinajstić information content (AvgIpc) is 3.06. The van der Waals surface area contributed by atoms with Crippen molar-refractivity contribution in [3.05, 3.63) is 45.4 Å². The summed E-state index contributed by atoms with van der Waals surface area (Å²) in [4.78, 5) is 7.63. The molecule has 2 rings (SSSR count). The zero-order valence-electron chi connectivity index (χ0n) is 13.9. The average molecular weight is 407 g/mol. The fourth-order valence-corrected chi connectivity index (χ4v) is 2.94. The Kier molecular flexibility index (Phi) is 7.52. The zero-order valence-corrected chi connectivity index (χ0v) is 15.5. The number of thiazole rings is 1. The third kappa shape index (κ3) is 6.72. The number of aliphatic imine (C=N–C) groups is 1. The lowest BCUT2D eigenvalue weighted by Crippen LogP contribution is -2.40. The molecule has 0 saturated heterocycles. The summed E-state index contributed by atoms with van der Waals surface area (Å²) in [5.41, 5.74) is -0.849. The number of nitrogens with zero attached hydrogens (tertiary/aromatic N) is 2. The van der Waals surface area contributed by atoms with Crippen LogP contribution in [-0.2, 0) is 12.6 Å². The van der Waals surface area contributed by atoms with Crippen molar-refractivity contribution in [3.8, 4) is 5.75 Å². The van der Waals surface area contributed by atoms with E-state index >= 15 is 0 Å². The van der Waals surface area contributed by atoms with Crippen molar-refractivity contribution in [2.75, 3.05) is 26.7 Å². The largest absolute Gasteiger partial charge is 0.492 e. The molecule has 0 saturated carbocycles. The molecule has 0 aliphatic rings. The molecule has 2 N–H and O–H groups in total. The van der Waals surface area contributed by atoms with Crippen LogP contribution in [0.4, 0.5) is 13.2 Å². The summed E-state index contributed by atoms with van der Waals surface area (Å²) in [5, 5.41) is 8.12. The van der Waals surface area contributed by atoms with E-state index in [1.807, 2.05) is 6.07 Å². The van der Waals surface area contributed by atoms with E-state index in [9.17, 15) is 13.2 Å². The van der Waals surface area contributed by atoms with Crippen LogP contribution in [0.1, 0.15) is 10.7 Å². The van der Waals surface area contributed by atoms with Crippen molar-refractivity contribution in [2.45, 2.75) is 12.6 Å². The predicted molar refractivity (Wildman–Crippen MR) is 97.1 cm³/mol. The quantitative estimate of drug-likeness (QED) is 0.419. The van der Waals surface area contributed by atoms with E-state index in [1.54, 1.807) is 25.2 Å². The van der Waals surface area contributed by atoms with Gasteiger partial charge in [-0.15, -0.1) is 11.3 Å². The SMILES string of the molecule is CN=C(NCCOc1cccc(Cl)c1)NCCc1nc(C(F)(F)F)cs1. The van der Waals surface area contributed by atoms with Crippen LogP contribution in [-0.4, -0.2) is 37.7 Å². The van der Waals surface area contributed by atoms with Gasteiger partial charge in [0.15, 0.2) is 11.7 Å². The van der Waals surface area contributed by atoms with Crippen LogP contribution in [0.3, 0.4) is 0 Å². The lowest BCUT2D eigenvalue weighted by Gasteiger charge is -2.12. The minimum absolute atomic E-state index is 0.375. The highest BCUT2D eigenvalue weighted by Gasteiger charge is 2.33. The summed E-state index contributed by atoms with van der Waals surface area (Å²) in [6, 6.07) is 7.09. The molecule has 1 heterocycles. The summed E-state index contributed by atoms with van der Waals surface area (Å²) in [6.45, 7) is 1.32. The molecule has 0 bridgehead atoms. The molecule has 142 valence electrons. The molecule has 0 amide bonds. The highest BCUT2D eigenvalue weighted by Crippen LogP contribution is 2.29. The Morgan fingerprint density at radius 1 is 1.31 bits per heavy atom. The fraction of sp³-hybridized carbons (Fsp3) is 0.375. The molecule has 2 aromatic rings. The van der Waals surface area contributed by atoms with Gasteiger partial charge < -0.3 is 15.4 Å². The first-order valence-corrected chi connectivity index (χ1v) is 8.98. The summed E-state index contributed by atoms with van der Waals surface area (Å²) >= 11 is 6.87. The second-order valence-electron chi connectivity index (χ2n) is 5.11. The van der Waals surface area contributed by atoms with Crippen molar-refractivity contribution >= 4 is 28.9 Å². The van der Waals surface area contributed by atoms with Gasteiger partial charge in [0.1, 0.15) is 12.4 Å². The second-order valence-corrected chi connectivity index (χ2v) is 6.48. The first-order valence-electron chi connectivity index (χ1n) is 7.73. The Labute approximate surface area is 158 Å². The standard InChI is InChI=1S/C16H18ClF3N4OS/c1-21-15(23-7-8-25-12-4-2-3-11(17)9-12)22-6-5-14-24-13(10-26-14)16(18,19)20/h2-4,9-10H,5-8H2,1H3,(H2,21,22,23). The molecule has 1 aromatic heterocycles. The van der Waals surface area contributed by atoms with E-state index < -0.39 is 11.9 Å². The van der Waals surface area contributed by atoms with Gasteiger partial charge in [0, 0.05) is 30.4 Å². The summed E-state index contributed by atoms with van der Waals surface area (Å²) in [6.07, 6.45) is -4.02. The monoisotopic (exact) mass is 406 g/mol. The highest BCUT2D eigenvalue weighted by atomic mass is 35.5. The lowest BCUT2D eigenvalue weighted by molar-refractivity contribution is -0.140. The van der Waals surface area contributed by atoms with Crippen LogP contribution < -0.4 is 15.4 Å². The van der Waals surface area contributed by atoms with Gasteiger partial charge in [-0.25, -0.2) is 4.98 Å². The molecule has 0 aliphatic carbocycles. The van der Waals surface area contributed by atoms with Crippen LogP contribution in [0, 0.1) is 0 Å². The molecular formula is C16H18ClF3N4OS. The molecule has 1 aromatic carbocycles. The molecule has 26 heavy (non-hydrogen) atoms. The lowest BCUT2D eigenvalue weighted by atomic mass is 10.3. The van der Waals surface area contributed by atoms with Crippen LogP contribution in [0.5, 0.6) is 5.75 Å². The number of ether oxygens (including phenoxy) is 1. The van der Waals surface area contributed by atoms with Crippen LogP contribution >= 0.6 is 22.9 Å². The van der Waals surface area contributed by atoms with Crippen molar-refractivity contribution < 1.29 is 17.9 Å². The molecule has 10 heteroatoms. The van der Waals surface area contributed by atoms with Crippen molar-refractivity contribution in [2.24, 2.45) is 4.99 Å². The van der Waals surface area contributed by atoms with Gasteiger partial charge in [0.2, 0.25) is 0 Å². The highest BCUT2D eigenvalue weighted by molar-refractivity contribution is 7.09. The molecule has 0 spiro atoms. The minimum Gasteiger partial charge on any atom is -0.492 e. The molecule has 5 nitrogen and oxygen atoms in total. The third-order valence-corrected chi connectivity index (χ3v) is 4.30. The topological polar surface area (TPSA) is 58.5 Å². The van der Waals surface area contributed by atoms with E-state index in [0.717, 1.165) is 16.7 Å². The van der Waals surface area contributed by atoms with E-state index in [1.165, 1.54) is 0 Å². The van der Waals surface area contributed by atoms with E-state index in [0.29, 0.717) is 47.9 Å². The number of aromatic nitrogens is 1. The number of halogens is 4. The molecular weight excluding hydrogens is 389 g/mol. The van der Waals surface area contributed by atoms with Crippen molar-refractivity contribution in [1.29, 1.82) is 0 Å².